The van der Waals surface area contributed by atoms with E-state index in [1.54, 1.807) is 24.3 Å². The second kappa shape index (κ2) is 7.68. The van der Waals surface area contributed by atoms with E-state index in [-0.39, 0.29) is 10.6 Å². The van der Waals surface area contributed by atoms with Crippen molar-refractivity contribution in [2.75, 3.05) is 4.72 Å². The van der Waals surface area contributed by atoms with E-state index in [0.717, 1.165) is 23.7 Å². The number of benzene rings is 2. The molecule has 0 aliphatic carbocycles. The van der Waals surface area contributed by atoms with Gasteiger partial charge in [-0.25, -0.2) is 13.4 Å². The van der Waals surface area contributed by atoms with Gasteiger partial charge >= 0.3 is 0 Å². The summed E-state index contributed by atoms with van der Waals surface area (Å²) in [5.74, 6) is -0.0124. The minimum Gasteiger partial charge on any atom is -0.506 e. The Morgan fingerprint density at radius 1 is 1.27 bits per heavy atom. The number of hydrogen-bond donors (Lipinski definition) is 3. The third-order valence-corrected chi connectivity index (χ3v) is 6.44. The third kappa shape index (κ3) is 4.19. The summed E-state index contributed by atoms with van der Waals surface area (Å²) in [6.07, 6.45) is 2.18. The van der Waals surface area contributed by atoms with Gasteiger partial charge in [0, 0.05) is 0 Å². The minimum atomic E-state index is -3.74. The minimum absolute atomic E-state index is 0.0124. The van der Waals surface area contributed by atoms with Gasteiger partial charge in [-0.3, -0.25) is 9.82 Å². The number of rotatable bonds is 6. The Kier molecular flexibility index (Phi) is 5.54. The highest BCUT2D eigenvalue weighted by Gasteiger charge is 2.17. The smallest absolute Gasteiger partial charge is 0.261 e. The first-order chi connectivity index (χ1) is 12.4. The number of nitrogens with zero attached hydrogens (tertiary/aromatic N) is 2. The molecule has 0 bridgehead atoms. The van der Waals surface area contributed by atoms with Gasteiger partial charge in [0.25, 0.3) is 10.0 Å². The van der Waals surface area contributed by atoms with Gasteiger partial charge in [0.2, 0.25) is 0 Å². The van der Waals surface area contributed by atoms with Crippen LogP contribution in [0.1, 0.15) is 12.5 Å². The Balaban J connectivity index is 1.89. The number of anilines is 1. The van der Waals surface area contributed by atoms with E-state index in [1.165, 1.54) is 18.5 Å². The molecule has 1 aromatic heterocycles. The highest BCUT2D eigenvalue weighted by atomic mass is 79.9. The van der Waals surface area contributed by atoms with Crippen molar-refractivity contribution in [2.24, 2.45) is 0 Å². The van der Waals surface area contributed by atoms with Crippen LogP contribution in [-0.2, 0) is 16.4 Å². The summed E-state index contributed by atoms with van der Waals surface area (Å²) >= 11 is 4.37. The van der Waals surface area contributed by atoms with Gasteiger partial charge in [0.1, 0.15) is 12.1 Å². The van der Waals surface area contributed by atoms with Gasteiger partial charge in [0.05, 0.1) is 20.0 Å². The van der Waals surface area contributed by atoms with Gasteiger partial charge < -0.3 is 5.11 Å². The van der Waals surface area contributed by atoms with Crippen LogP contribution in [0.25, 0.3) is 0 Å². The second-order valence-electron chi connectivity index (χ2n) is 5.30. The maximum absolute atomic E-state index is 12.6. The maximum Gasteiger partial charge on any atom is 0.261 e. The lowest BCUT2D eigenvalue weighted by Gasteiger charge is -2.12. The summed E-state index contributed by atoms with van der Waals surface area (Å²) in [5.41, 5.74) is 1.37. The molecule has 0 amide bonds. The Morgan fingerprint density at radius 2 is 2.00 bits per heavy atom. The number of H-pyrrole nitrogens is 1. The Labute approximate surface area is 163 Å². The zero-order valence-electron chi connectivity index (χ0n) is 13.6. The molecule has 3 N–H and O–H groups in total. The van der Waals surface area contributed by atoms with Gasteiger partial charge in [-0.05, 0) is 63.9 Å². The Bertz CT molecular complexity index is 1010. The van der Waals surface area contributed by atoms with Crippen molar-refractivity contribution in [2.45, 2.75) is 28.3 Å². The predicted octanol–water partition coefficient (Wildman–Crippen LogP) is 3.79. The zero-order chi connectivity index (χ0) is 18.7. The van der Waals surface area contributed by atoms with Crippen molar-refractivity contribution in [1.29, 1.82) is 0 Å². The molecule has 0 unspecified atom stereocenters. The van der Waals surface area contributed by atoms with Crippen LogP contribution >= 0.6 is 27.7 Å². The Morgan fingerprint density at radius 3 is 2.62 bits per heavy atom. The van der Waals surface area contributed by atoms with Crippen LogP contribution < -0.4 is 4.72 Å². The molecule has 1 heterocycles. The number of phenols is 1. The average molecular weight is 455 g/mol. The molecule has 0 fully saturated rings. The maximum atomic E-state index is 12.6. The summed E-state index contributed by atoms with van der Waals surface area (Å²) in [6, 6.07) is 9.74. The molecule has 7 nitrogen and oxygen atoms in total. The normalized spacial score (nSPS) is 11.5. The first-order valence-electron chi connectivity index (χ1n) is 7.56. The lowest BCUT2D eigenvalue weighted by molar-refractivity contribution is 0.459. The zero-order valence-corrected chi connectivity index (χ0v) is 16.8. The number of nitrogens with one attached hydrogen (secondary N) is 2. The molecule has 0 saturated heterocycles. The van der Waals surface area contributed by atoms with Gasteiger partial charge in [0.15, 0.2) is 5.16 Å². The van der Waals surface area contributed by atoms with Crippen molar-refractivity contribution in [1.82, 2.24) is 15.2 Å². The molecule has 0 radical (unpaired) electrons. The Hall–Kier alpha value is -2.04. The average Bonchev–Trinajstić information content (AvgIpc) is 3.12. The molecule has 3 rings (SSSR count). The van der Waals surface area contributed by atoms with E-state index in [4.69, 9.17) is 0 Å². The molecular weight excluding hydrogens is 440 g/mol. The van der Waals surface area contributed by atoms with E-state index in [9.17, 15) is 13.5 Å². The number of hydrogen-bond acceptors (Lipinski definition) is 6. The highest BCUT2D eigenvalue weighted by Crippen LogP contribution is 2.40. The number of phenolic OH excluding ortho intramolecular Hbond substituents is 1. The molecule has 0 atom stereocenters. The lowest BCUT2D eigenvalue weighted by atomic mass is 10.2. The standard InChI is InChI=1S/C16H15BrN4O3S2/c1-2-10-3-5-12(6-4-10)26(23,24)21-11-7-13(17)15(22)14(8-11)25-16-18-9-19-20-16/h3-9,21-22H,2H2,1H3,(H,18,19,20). The molecule has 0 saturated carbocycles. The molecular formula is C16H15BrN4O3S2. The van der Waals surface area contributed by atoms with Crippen LogP contribution in [0.2, 0.25) is 0 Å². The summed E-state index contributed by atoms with van der Waals surface area (Å²) in [7, 11) is -3.74. The molecule has 136 valence electrons. The third-order valence-electron chi connectivity index (χ3n) is 3.52. The van der Waals surface area contributed by atoms with Crippen LogP contribution in [0.4, 0.5) is 5.69 Å². The number of aromatic amines is 1. The summed E-state index contributed by atoms with van der Waals surface area (Å²) < 4.78 is 28.1. The predicted molar refractivity (Wildman–Crippen MR) is 103 cm³/mol. The quantitative estimate of drug-likeness (QED) is 0.489. The van der Waals surface area contributed by atoms with Crippen molar-refractivity contribution < 1.29 is 13.5 Å². The number of aromatic hydroxyl groups is 1. The van der Waals surface area contributed by atoms with Crippen LogP contribution in [0, 0.1) is 0 Å². The summed E-state index contributed by atoms with van der Waals surface area (Å²) in [6.45, 7) is 2.00. The van der Waals surface area contributed by atoms with Gasteiger partial charge in [-0.15, -0.1) is 0 Å². The molecule has 0 aliphatic heterocycles. The molecule has 0 spiro atoms. The monoisotopic (exact) mass is 454 g/mol. The largest absolute Gasteiger partial charge is 0.506 e. The lowest BCUT2D eigenvalue weighted by Crippen LogP contribution is -2.13. The van der Waals surface area contributed by atoms with E-state index in [1.807, 2.05) is 6.92 Å². The first kappa shape index (κ1) is 18.7. The van der Waals surface area contributed by atoms with E-state index in [2.05, 4.69) is 35.8 Å². The van der Waals surface area contributed by atoms with Crippen molar-refractivity contribution >= 4 is 43.4 Å². The fourth-order valence-electron chi connectivity index (χ4n) is 2.18. The van der Waals surface area contributed by atoms with Crippen LogP contribution in [0.5, 0.6) is 5.75 Å². The van der Waals surface area contributed by atoms with Gasteiger partial charge in [-0.2, -0.15) is 5.10 Å². The van der Waals surface area contributed by atoms with Crippen molar-refractivity contribution in [3.8, 4) is 5.75 Å². The van der Waals surface area contributed by atoms with Crippen LogP contribution in [0.3, 0.4) is 0 Å². The SMILES string of the molecule is CCc1ccc(S(=O)(=O)Nc2cc(Br)c(O)c(Sc3ncn[nH]3)c2)cc1. The van der Waals surface area contributed by atoms with Crippen molar-refractivity contribution in [3.05, 3.63) is 52.8 Å². The van der Waals surface area contributed by atoms with E-state index in [0.29, 0.717) is 20.2 Å². The van der Waals surface area contributed by atoms with E-state index < -0.39 is 10.0 Å². The number of sulfonamides is 1. The number of aryl methyl sites for hydroxylation is 1. The van der Waals surface area contributed by atoms with Crippen LogP contribution in [-0.4, -0.2) is 28.7 Å². The summed E-state index contributed by atoms with van der Waals surface area (Å²) in [4.78, 5) is 4.58. The molecule has 10 heteroatoms. The topological polar surface area (TPSA) is 108 Å². The fourth-order valence-corrected chi connectivity index (χ4v) is 4.61. The number of halogens is 1. The number of aromatic nitrogens is 3. The molecule has 0 aliphatic rings. The molecule has 3 aromatic rings. The summed E-state index contributed by atoms with van der Waals surface area (Å²) in [5, 5.41) is 17.1. The van der Waals surface area contributed by atoms with Crippen LogP contribution in [0.15, 0.2) is 62.1 Å². The fraction of sp³-hybridized carbons (Fsp3) is 0.125. The highest BCUT2D eigenvalue weighted by molar-refractivity contribution is 9.10. The van der Waals surface area contributed by atoms with E-state index >= 15 is 0 Å². The first-order valence-corrected chi connectivity index (χ1v) is 10.7. The second-order valence-corrected chi connectivity index (χ2v) is 8.87. The van der Waals surface area contributed by atoms with Crippen molar-refractivity contribution in [3.63, 3.8) is 0 Å². The van der Waals surface area contributed by atoms with Gasteiger partial charge in [-0.1, -0.05) is 19.1 Å². The molecule has 2 aromatic carbocycles. The molecule has 26 heavy (non-hydrogen) atoms.